The Balaban J connectivity index is 2.44. The maximum Gasteiger partial charge on any atom is 0.153 e. The van der Waals surface area contributed by atoms with Crippen LogP contribution < -0.4 is 5.32 Å². The summed E-state index contributed by atoms with van der Waals surface area (Å²) in [5.74, 6) is 0. The molecule has 0 unspecified atom stereocenters. The van der Waals surface area contributed by atoms with Crippen LogP contribution in [0.2, 0.25) is 0 Å². The number of hydrogen-bond acceptors (Lipinski definition) is 4. The minimum atomic E-state index is -3.03. The van der Waals surface area contributed by atoms with Crippen molar-refractivity contribution in [2.75, 3.05) is 12.8 Å². The molecule has 0 aliphatic heterocycles. The lowest BCUT2D eigenvalue weighted by molar-refractivity contribution is 0.520. The van der Waals surface area contributed by atoms with Crippen molar-refractivity contribution < 1.29 is 8.42 Å². The molecule has 2 N–H and O–H groups in total. The molecule has 1 heterocycles. The molecule has 1 aromatic heterocycles. The summed E-state index contributed by atoms with van der Waals surface area (Å²) >= 11 is 0. The van der Waals surface area contributed by atoms with Gasteiger partial charge in [-0.25, -0.2) is 13.4 Å². The number of rotatable bonds is 5. The summed E-state index contributed by atoms with van der Waals surface area (Å²) < 4.78 is 22.0. The third kappa shape index (κ3) is 3.32. The van der Waals surface area contributed by atoms with Gasteiger partial charge in [0.1, 0.15) is 0 Å². The minimum absolute atomic E-state index is 0.421. The average Bonchev–Trinajstić information content (AvgIpc) is 2.54. The molecule has 0 aromatic carbocycles. The summed E-state index contributed by atoms with van der Waals surface area (Å²) in [5.41, 5.74) is 0.944. The lowest BCUT2D eigenvalue weighted by Crippen LogP contribution is -2.41. The second-order valence-corrected chi connectivity index (χ2v) is 6.86. The fourth-order valence-electron chi connectivity index (χ4n) is 1.01. The Labute approximate surface area is 90.2 Å². The second kappa shape index (κ2) is 4.32. The van der Waals surface area contributed by atoms with Gasteiger partial charge in [0.25, 0.3) is 0 Å². The van der Waals surface area contributed by atoms with E-state index in [9.17, 15) is 8.42 Å². The van der Waals surface area contributed by atoms with Crippen molar-refractivity contribution in [1.29, 1.82) is 0 Å². The van der Waals surface area contributed by atoms with Crippen LogP contribution in [0.5, 0.6) is 0 Å². The summed E-state index contributed by atoms with van der Waals surface area (Å²) in [5, 5.41) is 3.08. The van der Waals surface area contributed by atoms with Crippen LogP contribution in [0.25, 0.3) is 0 Å². The first kappa shape index (κ1) is 12.2. The molecule has 0 radical (unpaired) electrons. The third-order valence-corrected chi connectivity index (χ3v) is 4.58. The highest BCUT2D eigenvalue weighted by Crippen LogP contribution is 2.13. The molecule has 6 heteroatoms. The number of nitrogens with zero attached hydrogens (tertiary/aromatic N) is 1. The molecule has 0 fully saturated rings. The quantitative estimate of drug-likeness (QED) is 0.765. The molecule has 0 saturated carbocycles. The first-order valence-corrected chi connectivity index (χ1v) is 6.60. The Morgan fingerprint density at radius 1 is 1.53 bits per heavy atom. The van der Waals surface area contributed by atoms with Crippen molar-refractivity contribution in [2.24, 2.45) is 0 Å². The van der Waals surface area contributed by atoms with E-state index in [4.69, 9.17) is 0 Å². The zero-order valence-corrected chi connectivity index (χ0v) is 10.1. The molecule has 1 aromatic rings. The number of aromatic nitrogens is 2. The normalized spacial score (nSPS) is 13.0. The highest BCUT2D eigenvalue weighted by Gasteiger charge is 2.29. The molecule has 1 rings (SSSR count). The summed E-state index contributed by atoms with van der Waals surface area (Å²) in [6.07, 6.45) is 4.56. The lowest BCUT2D eigenvalue weighted by Gasteiger charge is -2.22. The molecule has 0 spiro atoms. The predicted molar refractivity (Wildman–Crippen MR) is 59.2 cm³/mol. The van der Waals surface area contributed by atoms with Crippen LogP contribution in [0.4, 0.5) is 0 Å². The summed E-state index contributed by atoms with van der Waals surface area (Å²) in [6, 6.07) is 0. The van der Waals surface area contributed by atoms with Gasteiger partial charge in [-0.05, 0) is 13.8 Å². The van der Waals surface area contributed by atoms with Crippen LogP contribution in [-0.2, 0) is 16.4 Å². The van der Waals surface area contributed by atoms with Crippen LogP contribution in [0.3, 0.4) is 0 Å². The highest BCUT2D eigenvalue weighted by molar-refractivity contribution is 7.92. The minimum Gasteiger partial charge on any atom is -0.347 e. The molecule has 5 nitrogen and oxygen atoms in total. The van der Waals surface area contributed by atoms with E-state index in [2.05, 4.69) is 15.3 Å². The fourth-order valence-corrected chi connectivity index (χ4v) is 1.37. The summed E-state index contributed by atoms with van der Waals surface area (Å²) in [4.78, 5) is 6.81. The number of H-pyrrole nitrogens is 1. The Morgan fingerprint density at radius 2 is 2.20 bits per heavy atom. The van der Waals surface area contributed by atoms with E-state index in [0.29, 0.717) is 13.1 Å². The Bertz CT molecular complexity index is 395. The maximum absolute atomic E-state index is 11.4. The molecule has 0 aliphatic carbocycles. The van der Waals surface area contributed by atoms with Crippen molar-refractivity contribution in [2.45, 2.75) is 25.1 Å². The standard InChI is InChI=1S/C9H17N3O2S/c1-9(2,15(3,13)14)6-10-4-8-5-11-7-12-8/h5,7,10H,4,6H2,1-3H3,(H,11,12). The van der Waals surface area contributed by atoms with Gasteiger partial charge in [0.05, 0.1) is 11.1 Å². The number of hydrogen-bond donors (Lipinski definition) is 2. The monoisotopic (exact) mass is 231 g/mol. The molecule has 0 bridgehead atoms. The van der Waals surface area contributed by atoms with Gasteiger partial charge in [-0.3, -0.25) is 0 Å². The van der Waals surface area contributed by atoms with E-state index in [-0.39, 0.29) is 0 Å². The topological polar surface area (TPSA) is 74.8 Å². The molecular formula is C9H17N3O2S. The van der Waals surface area contributed by atoms with Crippen molar-refractivity contribution in [3.05, 3.63) is 18.2 Å². The average molecular weight is 231 g/mol. The van der Waals surface area contributed by atoms with E-state index < -0.39 is 14.6 Å². The van der Waals surface area contributed by atoms with E-state index in [1.54, 1.807) is 26.4 Å². The summed E-state index contributed by atoms with van der Waals surface area (Å²) in [7, 11) is -3.03. The van der Waals surface area contributed by atoms with Gasteiger partial charge in [-0.15, -0.1) is 0 Å². The van der Waals surface area contributed by atoms with Crippen molar-refractivity contribution >= 4 is 9.84 Å². The van der Waals surface area contributed by atoms with Gasteiger partial charge in [-0.2, -0.15) is 0 Å². The first-order chi connectivity index (χ1) is 6.83. The smallest absolute Gasteiger partial charge is 0.153 e. The highest BCUT2D eigenvalue weighted by atomic mass is 32.2. The number of aromatic amines is 1. The van der Waals surface area contributed by atoms with E-state index in [1.807, 2.05) is 0 Å². The van der Waals surface area contributed by atoms with E-state index in [1.165, 1.54) is 6.26 Å². The van der Waals surface area contributed by atoms with Crippen molar-refractivity contribution in [3.63, 3.8) is 0 Å². The van der Waals surface area contributed by atoms with Gasteiger partial charge in [0, 0.05) is 31.2 Å². The molecule has 0 amide bonds. The van der Waals surface area contributed by atoms with E-state index in [0.717, 1.165) is 5.69 Å². The number of sulfone groups is 1. The van der Waals surface area contributed by atoms with Crippen molar-refractivity contribution in [1.82, 2.24) is 15.3 Å². The maximum atomic E-state index is 11.4. The molecular weight excluding hydrogens is 214 g/mol. The van der Waals surface area contributed by atoms with Crippen LogP contribution in [0.15, 0.2) is 12.5 Å². The molecule has 0 saturated heterocycles. The van der Waals surface area contributed by atoms with Gasteiger partial charge in [0.15, 0.2) is 9.84 Å². The predicted octanol–water partition coefficient (Wildman–Crippen LogP) is 0.323. The van der Waals surface area contributed by atoms with Crippen LogP contribution in [0, 0.1) is 0 Å². The third-order valence-electron chi connectivity index (χ3n) is 2.42. The Kier molecular flexibility index (Phi) is 3.51. The summed E-state index contributed by atoms with van der Waals surface area (Å²) in [6.45, 7) is 4.44. The van der Waals surface area contributed by atoms with Crippen LogP contribution in [0.1, 0.15) is 19.5 Å². The fraction of sp³-hybridized carbons (Fsp3) is 0.667. The lowest BCUT2D eigenvalue weighted by atomic mass is 10.2. The molecule has 15 heavy (non-hydrogen) atoms. The van der Waals surface area contributed by atoms with Gasteiger partial charge < -0.3 is 10.3 Å². The van der Waals surface area contributed by atoms with Gasteiger partial charge >= 0.3 is 0 Å². The molecule has 0 aliphatic rings. The Hall–Kier alpha value is -0.880. The van der Waals surface area contributed by atoms with Crippen molar-refractivity contribution in [3.8, 4) is 0 Å². The number of imidazole rings is 1. The zero-order chi connectivity index (χ0) is 11.5. The largest absolute Gasteiger partial charge is 0.347 e. The van der Waals surface area contributed by atoms with E-state index >= 15 is 0 Å². The van der Waals surface area contributed by atoms with Crippen LogP contribution in [-0.4, -0.2) is 35.9 Å². The number of nitrogens with one attached hydrogen (secondary N) is 2. The Morgan fingerprint density at radius 3 is 2.67 bits per heavy atom. The van der Waals surface area contributed by atoms with Gasteiger partial charge in [0.2, 0.25) is 0 Å². The first-order valence-electron chi connectivity index (χ1n) is 4.70. The van der Waals surface area contributed by atoms with Crippen LogP contribution >= 0.6 is 0 Å². The molecule has 86 valence electrons. The second-order valence-electron chi connectivity index (χ2n) is 4.21. The molecule has 0 atom stereocenters. The zero-order valence-electron chi connectivity index (χ0n) is 9.24. The SMILES string of the molecule is CC(C)(CNCc1cnc[nH]1)S(C)(=O)=O. The van der Waals surface area contributed by atoms with Gasteiger partial charge in [-0.1, -0.05) is 0 Å².